The van der Waals surface area contributed by atoms with Gasteiger partial charge in [0, 0.05) is 6.20 Å². The van der Waals surface area contributed by atoms with Crippen LogP contribution in [0.1, 0.15) is 18.1 Å². The lowest BCUT2D eigenvalue weighted by atomic mass is 10.2. The fraction of sp³-hybridized carbons (Fsp3) is 0.214. The summed E-state index contributed by atoms with van der Waals surface area (Å²) in [6.07, 6.45) is -2.35. The van der Waals surface area contributed by atoms with Crippen LogP contribution in [-0.4, -0.2) is 4.98 Å². The van der Waals surface area contributed by atoms with Crippen molar-refractivity contribution >= 4 is 0 Å². The van der Waals surface area contributed by atoms with Crippen LogP contribution in [0.5, 0.6) is 11.6 Å². The van der Waals surface area contributed by atoms with Crippen LogP contribution in [-0.2, 0) is 12.6 Å². The number of halogens is 3. The van der Waals surface area contributed by atoms with Gasteiger partial charge in [-0.25, -0.2) is 4.98 Å². The third kappa shape index (κ3) is 3.24. The van der Waals surface area contributed by atoms with E-state index in [1.54, 1.807) is 12.1 Å². The van der Waals surface area contributed by atoms with Crippen molar-refractivity contribution in [1.82, 2.24) is 4.98 Å². The molecule has 0 spiro atoms. The van der Waals surface area contributed by atoms with E-state index in [4.69, 9.17) is 4.74 Å². The Morgan fingerprint density at radius 1 is 1.11 bits per heavy atom. The SMILES string of the molecule is CCc1ccc(Oc2ncccc2C(F)(F)F)cc1. The Kier molecular flexibility index (Phi) is 3.74. The van der Waals surface area contributed by atoms with Gasteiger partial charge < -0.3 is 4.74 Å². The number of nitrogens with zero attached hydrogens (tertiary/aromatic N) is 1. The second-order valence-corrected chi connectivity index (χ2v) is 3.95. The minimum absolute atomic E-state index is 0.335. The number of pyridine rings is 1. The molecule has 0 radical (unpaired) electrons. The summed E-state index contributed by atoms with van der Waals surface area (Å²) in [6, 6.07) is 9.07. The summed E-state index contributed by atoms with van der Waals surface area (Å²) >= 11 is 0. The van der Waals surface area contributed by atoms with Crippen LogP contribution in [0.2, 0.25) is 0 Å². The van der Waals surface area contributed by atoms with Gasteiger partial charge in [-0.3, -0.25) is 0 Å². The van der Waals surface area contributed by atoms with Gasteiger partial charge >= 0.3 is 6.18 Å². The fourth-order valence-electron chi connectivity index (χ4n) is 1.59. The third-order valence-corrected chi connectivity index (χ3v) is 2.62. The molecule has 0 saturated carbocycles. The molecule has 1 aromatic carbocycles. The van der Waals surface area contributed by atoms with Crippen LogP contribution in [0.4, 0.5) is 13.2 Å². The molecule has 0 unspecified atom stereocenters. The quantitative estimate of drug-likeness (QED) is 0.819. The minimum atomic E-state index is -4.48. The average molecular weight is 267 g/mol. The number of aryl methyl sites for hydroxylation is 1. The van der Waals surface area contributed by atoms with Crippen molar-refractivity contribution in [2.75, 3.05) is 0 Å². The van der Waals surface area contributed by atoms with Crippen molar-refractivity contribution < 1.29 is 17.9 Å². The van der Waals surface area contributed by atoms with Crippen molar-refractivity contribution in [3.05, 3.63) is 53.7 Å². The molecule has 0 aliphatic carbocycles. The Balaban J connectivity index is 2.28. The standard InChI is InChI=1S/C14H12F3NO/c1-2-10-5-7-11(8-6-10)19-13-12(14(15,16)17)4-3-9-18-13/h3-9H,2H2,1H3. The number of rotatable bonds is 3. The molecule has 19 heavy (non-hydrogen) atoms. The van der Waals surface area contributed by atoms with Gasteiger partial charge in [-0.05, 0) is 36.2 Å². The molecule has 0 amide bonds. The molecule has 0 fully saturated rings. The van der Waals surface area contributed by atoms with E-state index in [1.165, 1.54) is 12.3 Å². The molecular weight excluding hydrogens is 255 g/mol. The summed E-state index contributed by atoms with van der Waals surface area (Å²) in [5.74, 6) is -0.0966. The number of benzene rings is 1. The summed E-state index contributed by atoms with van der Waals surface area (Å²) in [6.45, 7) is 2.00. The lowest BCUT2D eigenvalue weighted by Gasteiger charge is -2.12. The first-order valence-electron chi connectivity index (χ1n) is 5.79. The highest BCUT2D eigenvalue weighted by molar-refractivity contribution is 5.35. The molecule has 0 atom stereocenters. The summed E-state index contributed by atoms with van der Waals surface area (Å²) in [5.41, 5.74) is 0.207. The highest BCUT2D eigenvalue weighted by Gasteiger charge is 2.35. The topological polar surface area (TPSA) is 22.1 Å². The van der Waals surface area contributed by atoms with Crippen LogP contribution in [0.15, 0.2) is 42.6 Å². The molecule has 1 heterocycles. The lowest BCUT2D eigenvalue weighted by Crippen LogP contribution is -2.08. The van der Waals surface area contributed by atoms with Gasteiger partial charge in [0.05, 0.1) is 0 Å². The monoisotopic (exact) mass is 267 g/mol. The first-order chi connectivity index (χ1) is 9.00. The van der Waals surface area contributed by atoms with Crippen LogP contribution >= 0.6 is 0 Å². The Bertz CT molecular complexity index is 549. The zero-order chi connectivity index (χ0) is 13.9. The van der Waals surface area contributed by atoms with Crippen molar-refractivity contribution in [1.29, 1.82) is 0 Å². The largest absolute Gasteiger partial charge is 0.438 e. The molecule has 0 aliphatic rings. The van der Waals surface area contributed by atoms with E-state index in [1.807, 2.05) is 19.1 Å². The number of hydrogen-bond acceptors (Lipinski definition) is 2. The van der Waals surface area contributed by atoms with E-state index >= 15 is 0 Å². The summed E-state index contributed by atoms with van der Waals surface area (Å²) in [7, 11) is 0. The third-order valence-electron chi connectivity index (χ3n) is 2.62. The van der Waals surface area contributed by atoms with Crippen LogP contribution < -0.4 is 4.74 Å². The Labute approximate surface area is 108 Å². The van der Waals surface area contributed by atoms with Crippen molar-refractivity contribution in [2.45, 2.75) is 19.5 Å². The van der Waals surface area contributed by atoms with Crippen LogP contribution in [0.3, 0.4) is 0 Å². The van der Waals surface area contributed by atoms with Gasteiger partial charge in [0.15, 0.2) is 0 Å². The Morgan fingerprint density at radius 3 is 2.37 bits per heavy atom. The smallest absolute Gasteiger partial charge is 0.421 e. The van der Waals surface area contributed by atoms with Crippen LogP contribution in [0.25, 0.3) is 0 Å². The van der Waals surface area contributed by atoms with Gasteiger partial charge in [-0.15, -0.1) is 0 Å². The van der Waals surface area contributed by atoms with E-state index in [0.717, 1.165) is 18.1 Å². The maximum atomic E-state index is 12.7. The second kappa shape index (κ2) is 5.30. The number of hydrogen-bond donors (Lipinski definition) is 0. The molecule has 100 valence electrons. The highest BCUT2D eigenvalue weighted by Crippen LogP contribution is 2.36. The second-order valence-electron chi connectivity index (χ2n) is 3.95. The molecule has 0 saturated heterocycles. The van der Waals surface area contributed by atoms with Gasteiger partial charge in [0.2, 0.25) is 5.88 Å². The zero-order valence-corrected chi connectivity index (χ0v) is 10.2. The minimum Gasteiger partial charge on any atom is -0.438 e. The summed E-state index contributed by atoms with van der Waals surface area (Å²) in [4.78, 5) is 3.64. The van der Waals surface area contributed by atoms with E-state index in [2.05, 4.69) is 4.98 Å². The van der Waals surface area contributed by atoms with Crippen molar-refractivity contribution in [3.8, 4) is 11.6 Å². The van der Waals surface area contributed by atoms with E-state index < -0.39 is 17.6 Å². The number of ether oxygens (including phenoxy) is 1. The number of aromatic nitrogens is 1. The maximum Gasteiger partial charge on any atom is 0.421 e. The first kappa shape index (κ1) is 13.4. The van der Waals surface area contributed by atoms with Crippen molar-refractivity contribution in [3.63, 3.8) is 0 Å². The van der Waals surface area contributed by atoms with Crippen LogP contribution in [0, 0.1) is 0 Å². The molecule has 2 nitrogen and oxygen atoms in total. The van der Waals surface area contributed by atoms with E-state index in [-0.39, 0.29) is 0 Å². The number of alkyl halides is 3. The predicted octanol–water partition coefficient (Wildman–Crippen LogP) is 4.46. The zero-order valence-electron chi connectivity index (χ0n) is 10.2. The van der Waals surface area contributed by atoms with Gasteiger partial charge in [0.25, 0.3) is 0 Å². The molecule has 2 rings (SSSR count). The molecule has 5 heteroatoms. The Morgan fingerprint density at radius 2 is 1.79 bits per heavy atom. The van der Waals surface area contributed by atoms with E-state index in [9.17, 15) is 13.2 Å². The molecule has 0 N–H and O–H groups in total. The van der Waals surface area contributed by atoms with Gasteiger partial charge in [-0.1, -0.05) is 19.1 Å². The molecule has 0 bridgehead atoms. The molecular formula is C14H12F3NO. The molecule has 0 aliphatic heterocycles. The van der Waals surface area contributed by atoms with Crippen molar-refractivity contribution in [2.24, 2.45) is 0 Å². The molecule has 1 aromatic heterocycles. The maximum absolute atomic E-state index is 12.7. The first-order valence-corrected chi connectivity index (χ1v) is 5.79. The predicted molar refractivity (Wildman–Crippen MR) is 65.1 cm³/mol. The summed E-state index contributed by atoms with van der Waals surface area (Å²) in [5, 5.41) is 0. The Hall–Kier alpha value is -2.04. The van der Waals surface area contributed by atoms with Gasteiger partial charge in [0.1, 0.15) is 11.3 Å². The normalized spacial score (nSPS) is 11.4. The lowest BCUT2D eigenvalue weighted by molar-refractivity contribution is -0.138. The van der Waals surface area contributed by atoms with Gasteiger partial charge in [-0.2, -0.15) is 13.2 Å². The fourth-order valence-corrected chi connectivity index (χ4v) is 1.59. The summed E-state index contributed by atoms with van der Waals surface area (Å²) < 4.78 is 43.5. The highest BCUT2D eigenvalue weighted by atomic mass is 19.4. The average Bonchev–Trinajstić information content (AvgIpc) is 2.39. The molecule has 2 aromatic rings. The van der Waals surface area contributed by atoms with E-state index in [0.29, 0.717) is 5.75 Å².